The number of carboxylic acid groups (broad SMARTS) is 1. The molecule has 7 heteroatoms. The highest BCUT2D eigenvalue weighted by atomic mass is 16.4. The summed E-state index contributed by atoms with van der Waals surface area (Å²) in [5, 5.41) is 13.4. The number of allylic oxidation sites excluding steroid dienone is 20. The monoisotopic (exact) mass is 821 g/mol. The summed E-state index contributed by atoms with van der Waals surface area (Å²) in [5.41, 5.74) is 11.2. The van der Waals surface area contributed by atoms with Crippen molar-refractivity contribution in [3.8, 4) is 0 Å². The van der Waals surface area contributed by atoms with Crippen LogP contribution in [0.15, 0.2) is 122 Å². The van der Waals surface area contributed by atoms with Crippen LogP contribution in [0.1, 0.15) is 169 Å². The quantitative estimate of drug-likeness (QED) is 0.0372. The summed E-state index contributed by atoms with van der Waals surface area (Å²) >= 11 is 0. The predicted molar refractivity (Wildman–Crippen MR) is 255 cm³/mol. The van der Waals surface area contributed by atoms with Crippen molar-refractivity contribution in [2.45, 2.75) is 181 Å². The molecule has 336 valence electrons. The molecule has 0 aromatic carbocycles. The number of unbranched alkanes of at least 4 members (excludes halogenated alkanes) is 6. The number of quaternary nitrogens is 3. The molecule has 0 bridgehead atoms. The third-order valence-corrected chi connectivity index (χ3v) is 8.78. The fourth-order valence-corrected chi connectivity index (χ4v) is 5.14. The van der Waals surface area contributed by atoms with Crippen molar-refractivity contribution in [1.82, 2.24) is 5.32 Å². The lowest BCUT2D eigenvalue weighted by Gasteiger charge is -2.20. The topological polar surface area (TPSA) is 152 Å². The van der Waals surface area contributed by atoms with Gasteiger partial charge in [-0.15, -0.1) is 0 Å². The van der Waals surface area contributed by atoms with Crippen LogP contribution >= 0.6 is 0 Å². The normalized spacial score (nSPS) is 13.3. The maximum atomic E-state index is 11.8. The Labute approximate surface area is 363 Å². The SMILES string of the molecule is CC/C=C\C/C=C\C/C=C\C/C=C\C/C=C\CCCC.CC/C=C\C/C=C\C/C=C\C/C=C\C/C=C\CCCC.[NH3+]CCCC[C@H](NC(=O)[C@@H]([NH3+])CCCC[NH3+])C(=O)[O-]. The summed E-state index contributed by atoms with van der Waals surface area (Å²) in [5.74, 6) is -1.55. The minimum atomic E-state index is -1.23. The second-order valence-electron chi connectivity index (χ2n) is 14.5. The Morgan fingerprint density at radius 1 is 0.458 bits per heavy atom. The predicted octanol–water partition coefficient (Wildman–Crippen LogP) is 9.51. The number of carbonyl (C=O) groups is 2. The van der Waals surface area contributed by atoms with Crippen molar-refractivity contribution in [1.29, 1.82) is 0 Å². The van der Waals surface area contributed by atoms with E-state index in [4.69, 9.17) is 0 Å². The molecule has 0 saturated carbocycles. The van der Waals surface area contributed by atoms with Gasteiger partial charge in [-0.05, 0) is 109 Å². The van der Waals surface area contributed by atoms with Crippen molar-refractivity contribution in [2.75, 3.05) is 13.1 Å². The zero-order chi connectivity index (χ0) is 44.1. The molecule has 0 aromatic heterocycles. The van der Waals surface area contributed by atoms with Gasteiger partial charge in [0.25, 0.3) is 5.91 Å². The lowest BCUT2D eigenvalue weighted by atomic mass is 10.1. The summed E-state index contributed by atoms with van der Waals surface area (Å²) in [6.07, 6.45) is 67.6. The number of carboxylic acids is 1. The van der Waals surface area contributed by atoms with E-state index in [0.29, 0.717) is 19.3 Å². The first kappa shape index (κ1) is 59.5. The molecular formula is C52H92N4O3+2. The van der Waals surface area contributed by atoms with Gasteiger partial charge >= 0.3 is 0 Å². The van der Waals surface area contributed by atoms with E-state index in [-0.39, 0.29) is 5.91 Å². The van der Waals surface area contributed by atoms with Crippen LogP contribution in [0.4, 0.5) is 0 Å². The summed E-state index contributed by atoms with van der Waals surface area (Å²) in [4.78, 5) is 22.7. The van der Waals surface area contributed by atoms with Gasteiger partial charge in [-0.25, -0.2) is 0 Å². The van der Waals surface area contributed by atoms with Crippen LogP contribution in [0, 0.1) is 0 Å². The van der Waals surface area contributed by atoms with Gasteiger partial charge in [0.15, 0.2) is 6.04 Å². The van der Waals surface area contributed by atoms with E-state index in [2.05, 4.69) is 172 Å². The molecular weight excluding hydrogens is 729 g/mol. The van der Waals surface area contributed by atoms with E-state index >= 15 is 0 Å². The number of hydrogen-bond donors (Lipinski definition) is 4. The molecule has 0 spiro atoms. The summed E-state index contributed by atoms with van der Waals surface area (Å²) in [6.45, 7) is 10.4. The van der Waals surface area contributed by atoms with E-state index < -0.39 is 18.1 Å². The maximum Gasteiger partial charge on any atom is 0.278 e. The van der Waals surface area contributed by atoms with Crippen molar-refractivity contribution in [2.24, 2.45) is 0 Å². The number of nitrogens with one attached hydrogen (secondary N) is 1. The van der Waals surface area contributed by atoms with Gasteiger partial charge in [0.2, 0.25) is 0 Å². The van der Waals surface area contributed by atoms with Crippen LogP contribution in [0.5, 0.6) is 0 Å². The first-order valence-corrected chi connectivity index (χ1v) is 23.3. The minimum Gasteiger partial charge on any atom is -0.548 e. The molecule has 0 radical (unpaired) electrons. The summed E-state index contributed by atoms with van der Waals surface area (Å²) in [7, 11) is 0. The molecule has 59 heavy (non-hydrogen) atoms. The third-order valence-electron chi connectivity index (χ3n) is 8.78. The van der Waals surface area contributed by atoms with E-state index in [0.717, 1.165) is 96.6 Å². The zero-order valence-corrected chi connectivity index (χ0v) is 38.5. The Balaban J connectivity index is -0.000000798. The van der Waals surface area contributed by atoms with Gasteiger partial charge in [0.05, 0.1) is 25.1 Å². The van der Waals surface area contributed by atoms with Crippen LogP contribution in [0.3, 0.4) is 0 Å². The van der Waals surface area contributed by atoms with Crippen molar-refractivity contribution in [3.05, 3.63) is 122 Å². The zero-order valence-electron chi connectivity index (χ0n) is 38.5. The Bertz CT molecular complexity index is 1140. The minimum absolute atomic E-state index is 0.312. The Hall–Kier alpha value is -3.78. The second kappa shape index (κ2) is 54.2. The first-order valence-electron chi connectivity index (χ1n) is 23.3. The van der Waals surface area contributed by atoms with Crippen LogP contribution in [0.25, 0.3) is 0 Å². The summed E-state index contributed by atoms with van der Waals surface area (Å²) in [6, 6.07) is -1.34. The van der Waals surface area contributed by atoms with Gasteiger partial charge in [-0.3, -0.25) is 4.79 Å². The average molecular weight is 821 g/mol. The number of aliphatic carboxylic acids is 1. The highest BCUT2D eigenvalue weighted by Crippen LogP contribution is 2.03. The lowest BCUT2D eigenvalue weighted by molar-refractivity contribution is -0.406. The number of rotatable bonds is 35. The van der Waals surface area contributed by atoms with Gasteiger partial charge in [0.1, 0.15) is 0 Å². The fraction of sp³-hybridized carbons (Fsp3) is 0.577. The first-order chi connectivity index (χ1) is 28.9. The molecule has 1 amide bonds. The van der Waals surface area contributed by atoms with Gasteiger partial charge in [-0.2, -0.15) is 0 Å². The molecule has 2 atom stereocenters. The third kappa shape index (κ3) is 54.2. The fourth-order valence-electron chi connectivity index (χ4n) is 5.14. The van der Waals surface area contributed by atoms with Crippen molar-refractivity contribution >= 4 is 11.9 Å². The molecule has 0 unspecified atom stereocenters. The molecule has 7 nitrogen and oxygen atoms in total. The highest BCUT2D eigenvalue weighted by Gasteiger charge is 2.21. The average Bonchev–Trinajstić information content (AvgIpc) is 3.23. The largest absolute Gasteiger partial charge is 0.548 e. The van der Waals surface area contributed by atoms with Crippen LogP contribution in [-0.4, -0.2) is 37.0 Å². The van der Waals surface area contributed by atoms with Crippen LogP contribution in [0.2, 0.25) is 0 Å². The molecule has 0 heterocycles. The van der Waals surface area contributed by atoms with Gasteiger partial charge in [0, 0.05) is 6.42 Å². The van der Waals surface area contributed by atoms with Crippen LogP contribution < -0.4 is 27.6 Å². The number of carbonyl (C=O) groups excluding carboxylic acids is 2. The van der Waals surface area contributed by atoms with Gasteiger partial charge < -0.3 is 32.4 Å². The Kier molecular flexibility index (Phi) is 54.7. The smallest absolute Gasteiger partial charge is 0.278 e. The maximum absolute atomic E-state index is 11.8. The molecule has 0 fully saturated rings. The van der Waals surface area contributed by atoms with Gasteiger partial charge in [-0.1, -0.05) is 175 Å². The standard InChI is InChI=1S/2C20H32.C12H26N4O3/c2*1-3-5-7-9-11-13-15-17-19-20-18-16-14-12-10-8-6-4-2;13-7-3-1-5-9(15)11(17)16-10(12(18)19)6-2-4-8-14/h2*5,7,10-13,16-19H,3-4,6,8-9,14-15,20H2,1-2H3;9-10H,1-8,13-15H2,(H,16,17)(H,18,19)/p+2/b2*7-5-,12-10-,13-11-,18-16-,19-17-;/t;;9-,10-/m..0/s1. The molecule has 10 N–H and O–H groups in total. The van der Waals surface area contributed by atoms with Crippen molar-refractivity contribution < 1.29 is 31.9 Å². The highest BCUT2D eigenvalue weighted by molar-refractivity contribution is 5.85. The summed E-state index contributed by atoms with van der Waals surface area (Å²) < 4.78 is 0. The van der Waals surface area contributed by atoms with Crippen molar-refractivity contribution in [3.63, 3.8) is 0 Å². The van der Waals surface area contributed by atoms with E-state index in [1.165, 1.54) is 38.5 Å². The molecule has 0 saturated heterocycles. The Morgan fingerprint density at radius 3 is 1.05 bits per heavy atom. The number of hydrogen-bond acceptors (Lipinski definition) is 3. The molecule has 0 aliphatic rings. The lowest BCUT2D eigenvalue weighted by Crippen LogP contribution is -2.69. The van der Waals surface area contributed by atoms with Crippen LogP contribution in [-0.2, 0) is 9.59 Å². The van der Waals surface area contributed by atoms with E-state index in [1.807, 2.05) is 0 Å². The molecule has 0 aliphatic heterocycles. The molecule has 0 rings (SSSR count). The second-order valence-corrected chi connectivity index (χ2v) is 14.5. The van der Waals surface area contributed by atoms with E-state index in [1.54, 1.807) is 0 Å². The molecule has 0 aromatic rings. The molecule has 0 aliphatic carbocycles. The Morgan fingerprint density at radius 2 is 0.763 bits per heavy atom. The number of amides is 1. The van der Waals surface area contributed by atoms with E-state index in [9.17, 15) is 14.7 Å².